The van der Waals surface area contributed by atoms with Crippen LogP contribution in [0.2, 0.25) is 0 Å². The molecule has 0 aliphatic carbocycles. The van der Waals surface area contributed by atoms with Crippen LogP contribution in [0.3, 0.4) is 0 Å². The van der Waals surface area contributed by atoms with Crippen molar-refractivity contribution >= 4 is 11.9 Å². The van der Waals surface area contributed by atoms with Gasteiger partial charge in [0.15, 0.2) is 0 Å². The zero-order chi connectivity index (χ0) is 14.8. The Balaban J connectivity index is 1.80. The van der Waals surface area contributed by atoms with Crippen LogP contribution in [0.1, 0.15) is 23.2 Å². The number of hydrogen-bond acceptors (Lipinski definition) is 4. The number of hydrogen-bond donors (Lipinski definition) is 1. The maximum atomic E-state index is 12.4. The fraction of sp³-hybridized carbons (Fsp3) is 0.286. The summed E-state index contributed by atoms with van der Waals surface area (Å²) in [6.45, 7) is 0.487. The van der Waals surface area contributed by atoms with Gasteiger partial charge in [-0.2, -0.15) is 5.10 Å². The molecule has 1 fully saturated rings. The number of rotatable bonds is 3. The Bertz CT molecular complexity index is 651. The summed E-state index contributed by atoms with van der Waals surface area (Å²) in [6.07, 6.45) is 4.23. The number of aromatic nitrogens is 3. The Hall–Kier alpha value is -2.70. The summed E-state index contributed by atoms with van der Waals surface area (Å²) >= 11 is 0. The largest absolute Gasteiger partial charge is 0.480 e. The molecule has 0 bridgehead atoms. The molecule has 3 rings (SSSR count). The second kappa shape index (κ2) is 5.35. The standard InChI is InChI=1S/C14H14N4O3/c19-13(17-7-1-2-12(17)14(20)21)10-3-5-11(6-4-10)18-9-15-8-16-18/h3-6,8-9,12H,1-2,7H2,(H,20,21). The second-order valence-electron chi connectivity index (χ2n) is 4.88. The van der Waals surface area contributed by atoms with E-state index in [2.05, 4.69) is 10.1 Å². The van der Waals surface area contributed by atoms with Crippen LogP contribution < -0.4 is 0 Å². The molecule has 0 saturated carbocycles. The molecule has 108 valence electrons. The Morgan fingerprint density at radius 1 is 1.24 bits per heavy atom. The van der Waals surface area contributed by atoms with Crippen molar-refractivity contribution in [2.45, 2.75) is 18.9 Å². The fourth-order valence-electron chi connectivity index (χ4n) is 2.53. The van der Waals surface area contributed by atoms with E-state index >= 15 is 0 Å². The van der Waals surface area contributed by atoms with Crippen molar-refractivity contribution < 1.29 is 14.7 Å². The van der Waals surface area contributed by atoms with Crippen LogP contribution >= 0.6 is 0 Å². The highest BCUT2D eigenvalue weighted by atomic mass is 16.4. The number of amides is 1. The molecule has 1 unspecified atom stereocenters. The SMILES string of the molecule is O=C(O)C1CCCN1C(=O)c1ccc(-n2cncn2)cc1. The zero-order valence-electron chi connectivity index (χ0n) is 11.2. The van der Waals surface area contributed by atoms with Gasteiger partial charge in [-0.05, 0) is 37.1 Å². The van der Waals surface area contributed by atoms with Crippen molar-refractivity contribution in [1.82, 2.24) is 19.7 Å². The summed E-state index contributed by atoms with van der Waals surface area (Å²) < 4.78 is 1.59. The lowest BCUT2D eigenvalue weighted by molar-refractivity contribution is -0.141. The molecule has 1 aromatic carbocycles. The number of carboxylic acids is 1. The van der Waals surface area contributed by atoms with E-state index < -0.39 is 12.0 Å². The van der Waals surface area contributed by atoms with Crippen LogP contribution in [0.15, 0.2) is 36.9 Å². The molecule has 0 radical (unpaired) electrons. The highest BCUT2D eigenvalue weighted by Gasteiger charge is 2.34. The van der Waals surface area contributed by atoms with Gasteiger partial charge in [-0.3, -0.25) is 4.79 Å². The Morgan fingerprint density at radius 2 is 2.00 bits per heavy atom. The molecule has 1 aliphatic rings. The molecule has 2 heterocycles. The van der Waals surface area contributed by atoms with Crippen molar-refractivity contribution in [2.24, 2.45) is 0 Å². The third-order valence-corrected chi connectivity index (χ3v) is 3.60. The summed E-state index contributed by atoms with van der Waals surface area (Å²) in [7, 11) is 0. The van der Waals surface area contributed by atoms with E-state index in [4.69, 9.17) is 5.11 Å². The van der Waals surface area contributed by atoms with Crippen molar-refractivity contribution in [2.75, 3.05) is 6.54 Å². The third-order valence-electron chi connectivity index (χ3n) is 3.60. The molecular weight excluding hydrogens is 272 g/mol. The number of likely N-dealkylation sites (tertiary alicyclic amines) is 1. The monoisotopic (exact) mass is 286 g/mol. The van der Waals surface area contributed by atoms with Gasteiger partial charge in [-0.15, -0.1) is 0 Å². The molecular formula is C14H14N4O3. The molecule has 1 N–H and O–H groups in total. The van der Waals surface area contributed by atoms with Crippen molar-refractivity contribution in [1.29, 1.82) is 0 Å². The van der Waals surface area contributed by atoms with Gasteiger partial charge in [0, 0.05) is 12.1 Å². The zero-order valence-corrected chi connectivity index (χ0v) is 11.2. The van der Waals surface area contributed by atoms with Crippen LogP contribution in [0.25, 0.3) is 5.69 Å². The molecule has 1 saturated heterocycles. The van der Waals surface area contributed by atoms with Crippen molar-refractivity contribution in [3.8, 4) is 5.69 Å². The summed E-state index contributed by atoms with van der Waals surface area (Å²) in [5, 5.41) is 13.1. The maximum absolute atomic E-state index is 12.4. The predicted molar refractivity (Wildman–Crippen MR) is 73.1 cm³/mol. The highest BCUT2D eigenvalue weighted by molar-refractivity contribution is 5.97. The minimum absolute atomic E-state index is 0.245. The van der Waals surface area contributed by atoms with E-state index in [1.807, 2.05) is 0 Å². The van der Waals surface area contributed by atoms with Gasteiger partial charge >= 0.3 is 5.97 Å². The minimum Gasteiger partial charge on any atom is -0.480 e. The predicted octanol–water partition coefficient (Wildman–Crippen LogP) is 0.956. The lowest BCUT2D eigenvalue weighted by atomic mass is 10.1. The third kappa shape index (κ3) is 2.49. The first kappa shape index (κ1) is 13.3. The quantitative estimate of drug-likeness (QED) is 0.907. The maximum Gasteiger partial charge on any atom is 0.326 e. The minimum atomic E-state index is -0.944. The number of carbonyl (C=O) groups excluding carboxylic acids is 1. The number of carbonyl (C=O) groups is 2. The molecule has 1 aromatic heterocycles. The lowest BCUT2D eigenvalue weighted by Crippen LogP contribution is -2.40. The van der Waals surface area contributed by atoms with Gasteiger partial charge in [0.1, 0.15) is 18.7 Å². The Labute approximate surface area is 120 Å². The van der Waals surface area contributed by atoms with E-state index in [1.54, 1.807) is 35.3 Å². The summed E-state index contributed by atoms with van der Waals surface area (Å²) in [5.74, 6) is -1.19. The van der Waals surface area contributed by atoms with Crippen LogP contribution in [-0.4, -0.2) is 49.2 Å². The first-order chi connectivity index (χ1) is 10.2. The molecule has 21 heavy (non-hydrogen) atoms. The molecule has 0 spiro atoms. The van der Waals surface area contributed by atoms with Gasteiger partial charge < -0.3 is 10.0 Å². The average Bonchev–Trinajstić information content (AvgIpc) is 3.18. The van der Waals surface area contributed by atoms with Crippen LogP contribution in [-0.2, 0) is 4.79 Å². The molecule has 1 aliphatic heterocycles. The number of benzene rings is 1. The van der Waals surface area contributed by atoms with Gasteiger partial charge in [0.2, 0.25) is 0 Å². The van der Waals surface area contributed by atoms with Crippen LogP contribution in [0, 0.1) is 0 Å². The Morgan fingerprint density at radius 3 is 2.62 bits per heavy atom. The number of carboxylic acid groups (broad SMARTS) is 1. The Kier molecular flexibility index (Phi) is 3.39. The summed E-state index contributed by atoms with van der Waals surface area (Å²) in [6, 6.07) is 6.15. The summed E-state index contributed by atoms with van der Waals surface area (Å²) in [4.78, 5) is 28.8. The number of aliphatic carboxylic acids is 1. The van der Waals surface area contributed by atoms with Gasteiger partial charge in [-0.25, -0.2) is 14.5 Å². The molecule has 2 aromatic rings. The molecule has 1 atom stereocenters. The molecule has 1 amide bonds. The first-order valence-electron chi connectivity index (χ1n) is 6.65. The summed E-state index contributed by atoms with van der Waals surface area (Å²) in [5.41, 5.74) is 1.27. The van der Waals surface area contributed by atoms with E-state index in [-0.39, 0.29) is 5.91 Å². The van der Waals surface area contributed by atoms with Crippen molar-refractivity contribution in [3.05, 3.63) is 42.5 Å². The van der Waals surface area contributed by atoms with E-state index in [9.17, 15) is 9.59 Å². The van der Waals surface area contributed by atoms with Crippen LogP contribution in [0.5, 0.6) is 0 Å². The van der Waals surface area contributed by atoms with Gasteiger partial charge in [0.25, 0.3) is 5.91 Å². The lowest BCUT2D eigenvalue weighted by Gasteiger charge is -2.21. The topological polar surface area (TPSA) is 88.3 Å². The smallest absolute Gasteiger partial charge is 0.326 e. The second-order valence-corrected chi connectivity index (χ2v) is 4.88. The van der Waals surface area contributed by atoms with Gasteiger partial charge in [-0.1, -0.05) is 0 Å². The van der Waals surface area contributed by atoms with Gasteiger partial charge in [0.05, 0.1) is 5.69 Å². The van der Waals surface area contributed by atoms with E-state index in [0.717, 1.165) is 12.1 Å². The van der Waals surface area contributed by atoms with Crippen molar-refractivity contribution in [3.63, 3.8) is 0 Å². The van der Waals surface area contributed by atoms with Crippen LogP contribution in [0.4, 0.5) is 0 Å². The number of nitrogens with zero attached hydrogens (tertiary/aromatic N) is 4. The average molecular weight is 286 g/mol. The normalized spacial score (nSPS) is 17.9. The molecule has 7 nitrogen and oxygen atoms in total. The fourth-order valence-corrected chi connectivity index (χ4v) is 2.53. The first-order valence-corrected chi connectivity index (χ1v) is 6.65. The van der Waals surface area contributed by atoms with E-state index in [1.165, 1.54) is 11.2 Å². The van der Waals surface area contributed by atoms with E-state index in [0.29, 0.717) is 18.5 Å². The molecule has 7 heteroatoms. The highest BCUT2D eigenvalue weighted by Crippen LogP contribution is 2.20.